The summed E-state index contributed by atoms with van der Waals surface area (Å²) in [5.74, 6) is 4.02. The third-order valence-corrected chi connectivity index (χ3v) is 11.1. The van der Waals surface area contributed by atoms with Crippen LogP contribution in [0.25, 0.3) is 0 Å². The Balaban J connectivity index is 1.52. The summed E-state index contributed by atoms with van der Waals surface area (Å²) < 4.78 is 0. The Labute approximate surface area is 187 Å². The second-order valence-electron chi connectivity index (χ2n) is 13.3. The molecule has 3 unspecified atom stereocenters. The molecule has 4 aliphatic carbocycles. The molecule has 0 spiro atoms. The van der Waals surface area contributed by atoms with E-state index in [4.69, 9.17) is 0 Å². The Morgan fingerprint density at radius 3 is 2.43 bits per heavy atom. The highest BCUT2D eigenvalue weighted by atomic mass is 16.3. The van der Waals surface area contributed by atoms with Crippen molar-refractivity contribution in [2.24, 2.45) is 45.8 Å². The number of allylic oxidation sites excluding steroid dienone is 2. The highest BCUT2D eigenvalue weighted by Crippen LogP contribution is 2.68. The van der Waals surface area contributed by atoms with Crippen molar-refractivity contribution in [2.75, 3.05) is 6.61 Å². The van der Waals surface area contributed by atoms with E-state index in [1.165, 1.54) is 77.0 Å². The van der Waals surface area contributed by atoms with Crippen LogP contribution in [0.3, 0.4) is 0 Å². The van der Waals surface area contributed by atoms with Gasteiger partial charge in [0.1, 0.15) is 0 Å². The summed E-state index contributed by atoms with van der Waals surface area (Å²) >= 11 is 0. The SMILES string of the molecule is CC(CO)CCCC(C)[C@H]1CC[C@H]2C3=C(CC[C@]12C)[C@@]1(C)CCCC(C)(C)C1CC3. The van der Waals surface area contributed by atoms with E-state index in [0.717, 1.165) is 23.7 Å². The molecule has 0 radical (unpaired) electrons. The van der Waals surface area contributed by atoms with Crippen LogP contribution in [0.4, 0.5) is 0 Å². The first kappa shape index (κ1) is 22.9. The van der Waals surface area contributed by atoms with Crippen molar-refractivity contribution < 1.29 is 5.11 Å². The van der Waals surface area contributed by atoms with Crippen molar-refractivity contribution >= 4 is 0 Å². The molecular weight excluding hydrogens is 364 g/mol. The fraction of sp³-hybridized carbons (Fsp3) is 0.931. The monoisotopic (exact) mass is 414 g/mol. The van der Waals surface area contributed by atoms with Crippen molar-refractivity contribution in [3.8, 4) is 0 Å². The van der Waals surface area contributed by atoms with Crippen LogP contribution in [0.1, 0.15) is 119 Å². The molecule has 4 aliphatic rings. The minimum atomic E-state index is 0.352. The van der Waals surface area contributed by atoms with Gasteiger partial charge in [-0.1, -0.05) is 72.0 Å². The molecule has 0 bridgehead atoms. The number of hydrogen-bond acceptors (Lipinski definition) is 1. The molecule has 2 fully saturated rings. The first-order valence-electron chi connectivity index (χ1n) is 13.5. The molecule has 0 heterocycles. The summed E-state index contributed by atoms with van der Waals surface area (Å²) in [6.07, 6.45) is 16.8. The van der Waals surface area contributed by atoms with Crippen LogP contribution in [-0.4, -0.2) is 11.7 Å². The molecule has 30 heavy (non-hydrogen) atoms. The second-order valence-corrected chi connectivity index (χ2v) is 13.3. The van der Waals surface area contributed by atoms with E-state index in [9.17, 15) is 5.11 Å². The molecule has 1 N–H and O–H groups in total. The second kappa shape index (κ2) is 8.24. The van der Waals surface area contributed by atoms with E-state index in [1.807, 2.05) is 11.1 Å². The number of aliphatic hydroxyl groups excluding tert-OH is 1. The van der Waals surface area contributed by atoms with Crippen LogP contribution in [0, 0.1) is 45.8 Å². The summed E-state index contributed by atoms with van der Waals surface area (Å²) in [6.45, 7) is 15.6. The number of fused-ring (bicyclic) bond motifs is 4. The molecule has 0 aromatic rings. The van der Waals surface area contributed by atoms with E-state index in [1.54, 1.807) is 0 Å². The minimum absolute atomic E-state index is 0.352. The van der Waals surface area contributed by atoms with Gasteiger partial charge in [-0.15, -0.1) is 0 Å². The van der Waals surface area contributed by atoms with Gasteiger partial charge in [0.15, 0.2) is 0 Å². The Bertz CT molecular complexity index is 659. The number of rotatable bonds is 6. The van der Waals surface area contributed by atoms with Gasteiger partial charge in [-0.05, 0) is 104 Å². The van der Waals surface area contributed by atoms with Crippen molar-refractivity contribution in [3.63, 3.8) is 0 Å². The van der Waals surface area contributed by atoms with E-state index in [2.05, 4.69) is 41.5 Å². The van der Waals surface area contributed by atoms with E-state index in [0.29, 0.717) is 28.8 Å². The van der Waals surface area contributed by atoms with Gasteiger partial charge >= 0.3 is 0 Å². The van der Waals surface area contributed by atoms with Gasteiger partial charge < -0.3 is 5.11 Å². The maximum absolute atomic E-state index is 9.35. The molecule has 0 aromatic carbocycles. The zero-order chi connectivity index (χ0) is 21.7. The maximum Gasteiger partial charge on any atom is 0.0456 e. The van der Waals surface area contributed by atoms with E-state index in [-0.39, 0.29) is 0 Å². The van der Waals surface area contributed by atoms with Crippen LogP contribution in [-0.2, 0) is 0 Å². The van der Waals surface area contributed by atoms with Gasteiger partial charge in [-0.2, -0.15) is 0 Å². The molecule has 1 heteroatoms. The average Bonchev–Trinajstić information content (AvgIpc) is 3.04. The van der Waals surface area contributed by atoms with Gasteiger partial charge in [0.25, 0.3) is 0 Å². The van der Waals surface area contributed by atoms with Crippen LogP contribution in [0.5, 0.6) is 0 Å². The Kier molecular flexibility index (Phi) is 6.28. The molecule has 172 valence electrons. The van der Waals surface area contributed by atoms with Crippen LogP contribution in [0.2, 0.25) is 0 Å². The topological polar surface area (TPSA) is 20.2 Å². The summed E-state index contributed by atoms with van der Waals surface area (Å²) in [5.41, 5.74) is 5.50. The normalized spacial score (nSPS) is 42.3. The summed E-state index contributed by atoms with van der Waals surface area (Å²) in [4.78, 5) is 0. The highest BCUT2D eigenvalue weighted by molar-refractivity contribution is 5.35. The highest BCUT2D eigenvalue weighted by Gasteiger charge is 2.57. The van der Waals surface area contributed by atoms with Crippen LogP contribution < -0.4 is 0 Å². The summed E-state index contributed by atoms with van der Waals surface area (Å²) in [7, 11) is 0. The molecule has 4 rings (SSSR count). The van der Waals surface area contributed by atoms with Gasteiger partial charge in [-0.25, -0.2) is 0 Å². The third-order valence-electron chi connectivity index (χ3n) is 11.1. The lowest BCUT2D eigenvalue weighted by Gasteiger charge is -2.58. The first-order chi connectivity index (χ1) is 14.1. The predicted octanol–water partition coefficient (Wildman–Crippen LogP) is 8.17. The summed E-state index contributed by atoms with van der Waals surface area (Å²) in [6, 6.07) is 0. The lowest BCUT2D eigenvalue weighted by atomic mass is 9.46. The lowest BCUT2D eigenvalue weighted by molar-refractivity contribution is -0.00396. The average molecular weight is 415 g/mol. The first-order valence-corrected chi connectivity index (χ1v) is 13.5. The van der Waals surface area contributed by atoms with Gasteiger partial charge in [0.2, 0.25) is 0 Å². The predicted molar refractivity (Wildman–Crippen MR) is 128 cm³/mol. The van der Waals surface area contributed by atoms with Crippen molar-refractivity contribution in [1.29, 1.82) is 0 Å². The fourth-order valence-electron chi connectivity index (χ4n) is 9.45. The molecular formula is C29H50O. The zero-order valence-corrected chi connectivity index (χ0v) is 21.0. The van der Waals surface area contributed by atoms with E-state index >= 15 is 0 Å². The third kappa shape index (κ3) is 3.64. The smallest absolute Gasteiger partial charge is 0.0456 e. The quantitative estimate of drug-likeness (QED) is 0.434. The number of hydrogen-bond donors (Lipinski definition) is 1. The van der Waals surface area contributed by atoms with Crippen LogP contribution in [0.15, 0.2) is 11.1 Å². The van der Waals surface area contributed by atoms with Crippen LogP contribution >= 0.6 is 0 Å². The van der Waals surface area contributed by atoms with Gasteiger partial charge in [0.05, 0.1) is 0 Å². The van der Waals surface area contributed by atoms with Crippen molar-refractivity contribution in [3.05, 3.63) is 11.1 Å². The molecule has 0 amide bonds. The summed E-state index contributed by atoms with van der Waals surface area (Å²) in [5, 5.41) is 9.35. The number of aliphatic hydroxyl groups is 1. The van der Waals surface area contributed by atoms with Crippen molar-refractivity contribution in [1.82, 2.24) is 0 Å². The lowest BCUT2D eigenvalue weighted by Crippen LogP contribution is -2.48. The molecule has 1 nitrogen and oxygen atoms in total. The van der Waals surface area contributed by atoms with Gasteiger partial charge in [-0.3, -0.25) is 0 Å². The Hall–Kier alpha value is -0.300. The Morgan fingerprint density at radius 2 is 1.70 bits per heavy atom. The standard InChI is InChI=1S/C29H50O/c1-20(19-30)9-7-10-21(2)23-12-13-24-22-11-14-26-27(3,4)16-8-17-29(26,6)25(22)15-18-28(23,24)5/h20-21,23-24,26,30H,7-19H2,1-6H3/t20?,21?,23-,24+,26?,28-,29-/m1/s1. The molecule has 0 aliphatic heterocycles. The van der Waals surface area contributed by atoms with Crippen molar-refractivity contribution in [2.45, 2.75) is 119 Å². The largest absolute Gasteiger partial charge is 0.396 e. The minimum Gasteiger partial charge on any atom is -0.396 e. The fourth-order valence-corrected chi connectivity index (χ4v) is 9.45. The molecule has 2 saturated carbocycles. The Morgan fingerprint density at radius 1 is 0.933 bits per heavy atom. The van der Waals surface area contributed by atoms with E-state index < -0.39 is 0 Å². The zero-order valence-electron chi connectivity index (χ0n) is 21.0. The maximum atomic E-state index is 9.35. The molecule has 0 saturated heterocycles. The van der Waals surface area contributed by atoms with Gasteiger partial charge in [0, 0.05) is 6.61 Å². The molecule has 7 atom stereocenters. The molecule has 0 aromatic heterocycles.